The molecule has 1 aromatic heterocycles. The van der Waals surface area contributed by atoms with E-state index in [1.165, 1.54) is 5.69 Å². The van der Waals surface area contributed by atoms with E-state index in [4.69, 9.17) is 4.74 Å². The third kappa shape index (κ3) is 3.72. The van der Waals surface area contributed by atoms with Gasteiger partial charge in [0.05, 0.1) is 17.5 Å². The molecule has 2 aliphatic heterocycles. The predicted octanol–water partition coefficient (Wildman–Crippen LogP) is 0.893. The van der Waals surface area contributed by atoms with Gasteiger partial charge < -0.3 is 9.64 Å². The quantitative estimate of drug-likeness (QED) is 0.798. The molecule has 3 heterocycles. The van der Waals surface area contributed by atoms with Gasteiger partial charge in [-0.1, -0.05) is 0 Å². The molecule has 7 heteroatoms. The normalized spacial score (nSPS) is 23.2. The molecule has 23 heavy (non-hydrogen) atoms. The van der Waals surface area contributed by atoms with E-state index < -0.39 is 0 Å². The highest BCUT2D eigenvalue weighted by Gasteiger charge is 2.49. The van der Waals surface area contributed by atoms with Crippen molar-refractivity contribution in [2.24, 2.45) is 7.05 Å². The summed E-state index contributed by atoms with van der Waals surface area (Å²) in [5, 5.41) is 4.41. The Morgan fingerprint density at radius 1 is 1.52 bits per heavy atom. The van der Waals surface area contributed by atoms with Crippen molar-refractivity contribution >= 4 is 17.7 Å². The lowest BCUT2D eigenvalue weighted by Gasteiger charge is -2.47. The van der Waals surface area contributed by atoms with Gasteiger partial charge in [-0.2, -0.15) is 5.10 Å². The van der Waals surface area contributed by atoms with Crippen molar-refractivity contribution in [2.45, 2.75) is 30.7 Å². The number of aryl methyl sites for hydroxylation is 2. The van der Waals surface area contributed by atoms with Gasteiger partial charge in [0.25, 0.3) is 0 Å². The molecule has 1 unspecified atom stereocenters. The van der Waals surface area contributed by atoms with Gasteiger partial charge >= 0.3 is 0 Å². The van der Waals surface area contributed by atoms with Gasteiger partial charge in [0.1, 0.15) is 6.61 Å². The van der Waals surface area contributed by atoms with Gasteiger partial charge in [0, 0.05) is 51.3 Å². The summed E-state index contributed by atoms with van der Waals surface area (Å²) in [6.45, 7) is 5.40. The number of hydrogen-bond acceptors (Lipinski definition) is 5. The molecule has 0 bridgehead atoms. The Labute approximate surface area is 142 Å². The minimum atomic E-state index is 0.0396. The fourth-order valence-corrected chi connectivity index (χ4v) is 4.97. The Bertz CT molecular complexity index is 581. The number of rotatable bonds is 5. The highest BCUT2D eigenvalue weighted by atomic mass is 32.2. The van der Waals surface area contributed by atoms with E-state index in [1.807, 2.05) is 30.4 Å². The van der Waals surface area contributed by atoms with E-state index in [0.717, 1.165) is 37.5 Å². The molecule has 0 aromatic carbocycles. The monoisotopic (exact) mass is 338 g/mol. The number of carbonyl (C=O) groups excluding carboxylic acids is 1. The molecule has 2 saturated heterocycles. The largest absolute Gasteiger partial charge is 0.367 e. The summed E-state index contributed by atoms with van der Waals surface area (Å²) in [5.41, 5.74) is 2.34. The van der Waals surface area contributed by atoms with E-state index in [0.29, 0.717) is 4.75 Å². The van der Waals surface area contributed by atoms with Crippen LogP contribution in [0.4, 0.5) is 0 Å². The lowest BCUT2D eigenvalue weighted by molar-refractivity contribution is -0.135. The Morgan fingerprint density at radius 3 is 2.87 bits per heavy atom. The van der Waals surface area contributed by atoms with Crippen molar-refractivity contribution in [1.29, 1.82) is 0 Å². The number of hydrogen-bond donors (Lipinski definition) is 0. The van der Waals surface area contributed by atoms with Crippen LogP contribution in [-0.2, 0) is 23.1 Å². The second-order valence-corrected chi connectivity index (χ2v) is 8.45. The average molecular weight is 338 g/mol. The first-order valence-corrected chi connectivity index (χ1v) is 9.03. The van der Waals surface area contributed by atoms with Crippen LogP contribution in [0.25, 0.3) is 0 Å². The van der Waals surface area contributed by atoms with Crippen LogP contribution in [-0.4, -0.2) is 75.9 Å². The molecule has 3 rings (SSSR count). The molecule has 2 fully saturated rings. The summed E-state index contributed by atoms with van der Waals surface area (Å²) >= 11 is 2.01. The van der Waals surface area contributed by atoms with Crippen LogP contribution in [0.1, 0.15) is 17.8 Å². The van der Waals surface area contributed by atoms with Gasteiger partial charge in [-0.05, 0) is 19.4 Å². The van der Waals surface area contributed by atoms with E-state index in [1.54, 1.807) is 19.0 Å². The molecular formula is C16H26N4O2S. The van der Waals surface area contributed by atoms with Crippen molar-refractivity contribution < 1.29 is 9.53 Å². The van der Waals surface area contributed by atoms with E-state index in [-0.39, 0.29) is 18.6 Å². The molecule has 1 amide bonds. The van der Waals surface area contributed by atoms with Crippen molar-refractivity contribution in [3.8, 4) is 0 Å². The molecule has 1 atom stereocenters. The second-order valence-electron chi connectivity index (χ2n) is 6.97. The number of ether oxygens (including phenoxy) is 1. The van der Waals surface area contributed by atoms with E-state index in [2.05, 4.69) is 16.1 Å². The molecule has 0 aliphatic carbocycles. The molecule has 1 aromatic rings. The lowest BCUT2D eigenvalue weighted by atomic mass is 9.93. The maximum absolute atomic E-state index is 11.6. The number of amides is 1. The zero-order valence-electron chi connectivity index (χ0n) is 14.4. The van der Waals surface area contributed by atoms with Gasteiger partial charge in [-0.3, -0.25) is 14.4 Å². The zero-order valence-corrected chi connectivity index (χ0v) is 15.2. The van der Waals surface area contributed by atoms with Gasteiger partial charge in [0.2, 0.25) is 5.91 Å². The second kappa shape index (κ2) is 6.45. The number of thioether (sulfide) groups is 1. The molecule has 1 spiro atoms. The fourth-order valence-electron chi connectivity index (χ4n) is 3.37. The van der Waals surface area contributed by atoms with E-state index in [9.17, 15) is 4.79 Å². The summed E-state index contributed by atoms with van der Waals surface area (Å²) in [7, 11) is 5.54. The third-order valence-electron chi connectivity index (χ3n) is 4.62. The zero-order chi connectivity index (χ0) is 16.6. The minimum absolute atomic E-state index is 0.0396. The SMILES string of the molecule is Cc1cc(CN2CC3(CC(OCC(=O)N(C)C)CS3)C2)n(C)n1. The Balaban J connectivity index is 1.44. The van der Waals surface area contributed by atoms with Gasteiger partial charge in [-0.15, -0.1) is 11.8 Å². The van der Waals surface area contributed by atoms with Crippen LogP contribution in [0, 0.1) is 6.92 Å². The molecular weight excluding hydrogens is 312 g/mol. The van der Waals surface area contributed by atoms with Crippen molar-refractivity contribution in [1.82, 2.24) is 19.6 Å². The van der Waals surface area contributed by atoms with Crippen LogP contribution in [0.15, 0.2) is 6.07 Å². The van der Waals surface area contributed by atoms with E-state index >= 15 is 0 Å². The summed E-state index contributed by atoms with van der Waals surface area (Å²) in [5.74, 6) is 1.04. The third-order valence-corrected chi connectivity index (χ3v) is 6.20. The molecule has 6 nitrogen and oxygen atoms in total. The molecule has 0 saturated carbocycles. The number of aromatic nitrogens is 2. The minimum Gasteiger partial charge on any atom is -0.367 e. The number of nitrogens with zero attached hydrogens (tertiary/aromatic N) is 4. The molecule has 128 valence electrons. The maximum Gasteiger partial charge on any atom is 0.248 e. The Morgan fingerprint density at radius 2 is 2.26 bits per heavy atom. The van der Waals surface area contributed by atoms with Crippen LogP contribution >= 0.6 is 11.8 Å². The van der Waals surface area contributed by atoms with Gasteiger partial charge in [0.15, 0.2) is 0 Å². The first-order valence-electron chi connectivity index (χ1n) is 8.04. The fraction of sp³-hybridized carbons (Fsp3) is 0.750. The topological polar surface area (TPSA) is 50.6 Å². The van der Waals surface area contributed by atoms with Crippen LogP contribution in [0.3, 0.4) is 0 Å². The van der Waals surface area contributed by atoms with Crippen molar-refractivity contribution in [3.05, 3.63) is 17.5 Å². The Kier molecular flexibility index (Phi) is 4.71. The smallest absolute Gasteiger partial charge is 0.248 e. The van der Waals surface area contributed by atoms with Crippen molar-refractivity contribution in [3.63, 3.8) is 0 Å². The lowest BCUT2D eigenvalue weighted by Crippen LogP contribution is -2.58. The first-order chi connectivity index (χ1) is 10.9. The summed E-state index contributed by atoms with van der Waals surface area (Å²) in [6, 6.07) is 2.16. The highest BCUT2D eigenvalue weighted by molar-refractivity contribution is 8.01. The highest BCUT2D eigenvalue weighted by Crippen LogP contribution is 2.46. The average Bonchev–Trinajstić information content (AvgIpc) is 3.00. The standard InChI is InChI=1S/C16H26N4O2S/c1-12-5-13(19(4)17-12)7-20-10-16(11-20)6-14(9-23-16)22-8-15(21)18(2)3/h5,14H,6-11H2,1-4H3. The summed E-state index contributed by atoms with van der Waals surface area (Å²) in [6.07, 6.45) is 1.27. The van der Waals surface area contributed by atoms with Crippen LogP contribution in [0.5, 0.6) is 0 Å². The predicted molar refractivity (Wildman–Crippen MR) is 91.5 cm³/mol. The van der Waals surface area contributed by atoms with Gasteiger partial charge in [-0.25, -0.2) is 0 Å². The maximum atomic E-state index is 11.6. The molecule has 0 radical (unpaired) electrons. The van der Waals surface area contributed by atoms with Crippen molar-refractivity contribution in [2.75, 3.05) is 39.5 Å². The number of likely N-dealkylation sites (N-methyl/N-ethyl adjacent to an activating group) is 1. The first kappa shape index (κ1) is 16.8. The van der Waals surface area contributed by atoms with Crippen LogP contribution < -0.4 is 0 Å². The Hall–Kier alpha value is -1.05. The number of likely N-dealkylation sites (tertiary alicyclic amines) is 1. The number of carbonyl (C=O) groups is 1. The summed E-state index contributed by atoms with van der Waals surface area (Å²) in [4.78, 5) is 15.7. The summed E-state index contributed by atoms with van der Waals surface area (Å²) < 4.78 is 8.09. The molecule has 0 N–H and O–H groups in total. The van der Waals surface area contributed by atoms with Crippen LogP contribution in [0.2, 0.25) is 0 Å². The molecule has 2 aliphatic rings.